The minimum Gasteiger partial charge on any atom is -0.448 e. The van der Waals surface area contributed by atoms with Crippen molar-refractivity contribution in [2.75, 3.05) is 5.75 Å². The van der Waals surface area contributed by atoms with Crippen LogP contribution in [-0.2, 0) is 11.3 Å². The fourth-order valence-corrected chi connectivity index (χ4v) is 4.92. The molecule has 0 aliphatic carbocycles. The zero-order valence-corrected chi connectivity index (χ0v) is 16.8. The molecule has 146 valence electrons. The number of para-hydroxylation sites is 1. The van der Waals surface area contributed by atoms with Crippen LogP contribution in [0.3, 0.4) is 0 Å². The largest absolute Gasteiger partial charge is 0.448 e. The van der Waals surface area contributed by atoms with Crippen LogP contribution in [0.15, 0.2) is 62.9 Å². The summed E-state index contributed by atoms with van der Waals surface area (Å²) in [7, 11) is 0. The Bertz CT molecular complexity index is 1310. The smallest absolute Gasteiger partial charge is 0.297 e. The summed E-state index contributed by atoms with van der Waals surface area (Å²) in [4.78, 5) is 30.9. The van der Waals surface area contributed by atoms with Gasteiger partial charge in [0.25, 0.3) is 5.56 Å². The highest BCUT2D eigenvalue weighted by Gasteiger charge is 2.23. The van der Waals surface area contributed by atoms with Crippen LogP contribution in [0.1, 0.15) is 18.0 Å². The molecule has 4 aromatic rings. The molecule has 2 aromatic heterocycles. The minimum absolute atomic E-state index is 0.127. The molecule has 5 rings (SSSR count). The van der Waals surface area contributed by atoms with E-state index < -0.39 is 0 Å². The maximum atomic E-state index is 12.8. The van der Waals surface area contributed by atoms with Gasteiger partial charge in [0, 0.05) is 21.1 Å². The molecule has 1 N–H and O–H groups in total. The van der Waals surface area contributed by atoms with Crippen LogP contribution in [0.25, 0.3) is 22.1 Å². The molecular weight excluding hydrogens is 410 g/mol. The average molecular weight is 426 g/mol. The third kappa shape index (κ3) is 3.30. The maximum Gasteiger partial charge on any atom is 0.297 e. The van der Waals surface area contributed by atoms with Crippen LogP contribution in [-0.4, -0.2) is 21.2 Å². The van der Waals surface area contributed by atoms with Crippen molar-refractivity contribution in [3.8, 4) is 0 Å². The fraction of sp³-hybridized carbons (Fsp3) is 0.190. The van der Waals surface area contributed by atoms with E-state index in [0.29, 0.717) is 16.1 Å². The number of hydrogen-bond donors (Lipinski definition) is 1. The number of aromatic nitrogens is 2. The molecular formula is C21H16ClN3O3S. The first-order valence-corrected chi connectivity index (χ1v) is 10.5. The lowest BCUT2D eigenvalue weighted by Gasteiger charge is -2.26. The molecule has 29 heavy (non-hydrogen) atoms. The van der Waals surface area contributed by atoms with Crippen molar-refractivity contribution in [3.05, 3.63) is 69.7 Å². The normalized spacial score (nSPS) is 16.1. The summed E-state index contributed by atoms with van der Waals surface area (Å²) >= 11 is 7.88. The number of hydrogen-bond acceptors (Lipinski definition) is 5. The number of amides is 1. The molecule has 0 bridgehead atoms. The second-order valence-corrected chi connectivity index (χ2v) is 8.47. The lowest BCUT2D eigenvalue weighted by Crippen LogP contribution is -2.35. The topological polar surface area (TPSA) is 77.1 Å². The van der Waals surface area contributed by atoms with Crippen LogP contribution < -0.4 is 10.9 Å². The quantitative estimate of drug-likeness (QED) is 0.533. The van der Waals surface area contributed by atoms with E-state index in [4.69, 9.17) is 16.0 Å². The van der Waals surface area contributed by atoms with Gasteiger partial charge in [0.2, 0.25) is 11.5 Å². The Morgan fingerprint density at radius 3 is 3.07 bits per heavy atom. The van der Waals surface area contributed by atoms with Crippen molar-refractivity contribution in [1.29, 1.82) is 0 Å². The highest BCUT2D eigenvalue weighted by atomic mass is 35.5. The Hall–Kier alpha value is -2.77. The Morgan fingerprint density at radius 2 is 2.17 bits per heavy atom. The average Bonchev–Trinajstić information content (AvgIpc) is 3.10. The van der Waals surface area contributed by atoms with Crippen molar-refractivity contribution in [2.24, 2.45) is 0 Å². The number of nitrogens with zero attached hydrogens (tertiary/aromatic N) is 2. The molecule has 0 radical (unpaired) electrons. The van der Waals surface area contributed by atoms with Crippen molar-refractivity contribution < 1.29 is 9.21 Å². The number of thioether (sulfide) groups is 1. The molecule has 0 saturated heterocycles. The number of rotatable bonds is 3. The summed E-state index contributed by atoms with van der Waals surface area (Å²) in [6.45, 7) is -0.127. The van der Waals surface area contributed by atoms with E-state index in [1.807, 2.05) is 36.4 Å². The standard InChI is InChI=1S/C21H16ClN3O3S/c22-12-5-6-17-14(9-12)15(7-8-29-17)24-18(26)10-25-11-23-19-13-3-1-2-4-16(13)28-20(19)21(25)27/h1-6,9,11,15H,7-8,10H2,(H,24,26). The molecule has 1 aliphatic heterocycles. The third-order valence-electron chi connectivity index (χ3n) is 5.01. The SMILES string of the molecule is O=C(Cn1cnc2c(oc3ccccc32)c1=O)NC1CCSc2ccc(Cl)cc21. The molecule has 1 unspecified atom stereocenters. The van der Waals surface area contributed by atoms with Gasteiger partial charge in [0.15, 0.2) is 0 Å². The minimum atomic E-state index is -0.371. The Morgan fingerprint density at radius 1 is 1.31 bits per heavy atom. The number of fused-ring (bicyclic) bond motifs is 4. The molecule has 2 aromatic carbocycles. The van der Waals surface area contributed by atoms with Crippen LogP contribution in [0, 0.1) is 0 Å². The van der Waals surface area contributed by atoms with E-state index >= 15 is 0 Å². The summed E-state index contributed by atoms with van der Waals surface area (Å²) in [5.74, 6) is 0.652. The number of benzene rings is 2. The number of nitrogens with one attached hydrogen (secondary N) is 1. The highest BCUT2D eigenvalue weighted by Crippen LogP contribution is 2.37. The van der Waals surface area contributed by atoms with Crippen LogP contribution in [0.2, 0.25) is 5.02 Å². The second-order valence-electron chi connectivity index (χ2n) is 6.89. The molecule has 1 atom stereocenters. The Kier molecular flexibility index (Phi) is 4.56. The van der Waals surface area contributed by atoms with Crippen LogP contribution in [0.5, 0.6) is 0 Å². The van der Waals surface area contributed by atoms with E-state index in [1.165, 1.54) is 10.9 Å². The monoisotopic (exact) mass is 425 g/mol. The fourth-order valence-electron chi connectivity index (χ4n) is 3.64. The van der Waals surface area contributed by atoms with E-state index in [-0.39, 0.29) is 29.6 Å². The molecule has 8 heteroatoms. The summed E-state index contributed by atoms with van der Waals surface area (Å²) in [6.07, 6.45) is 2.20. The van der Waals surface area contributed by atoms with Gasteiger partial charge < -0.3 is 9.73 Å². The maximum absolute atomic E-state index is 12.8. The lowest BCUT2D eigenvalue weighted by molar-refractivity contribution is -0.122. The predicted octanol–water partition coefficient (Wildman–Crippen LogP) is 4.15. The van der Waals surface area contributed by atoms with Gasteiger partial charge in [-0.3, -0.25) is 14.2 Å². The molecule has 1 amide bonds. The number of halogens is 1. The summed E-state index contributed by atoms with van der Waals surface area (Å²) in [5, 5.41) is 4.45. The van der Waals surface area contributed by atoms with Crippen molar-refractivity contribution in [1.82, 2.24) is 14.9 Å². The molecule has 3 heterocycles. The number of carbonyl (C=O) groups is 1. The van der Waals surface area contributed by atoms with Crippen LogP contribution >= 0.6 is 23.4 Å². The van der Waals surface area contributed by atoms with E-state index in [1.54, 1.807) is 17.8 Å². The first kappa shape index (κ1) is 18.3. The molecule has 0 spiro atoms. The van der Waals surface area contributed by atoms with Crippen molar-refractivity contribution in [3.63, 3.8) is 0 Å². The molecule has 1 aliphatic rings. The van der Waals surface area contributed by atoms with Gasteiger partial charge in [-0.15, -0.1) is 11.8 Å². The van der Waals surface area contributed by atoms with Gasteiger partial charge in [-0.25, -0.2) is 4.98 Å². The molecule has 0 saturated carbocycles. The Balaban J connectivity index is 1.41. The van der Waals surface area contributed by atoms with Gasteiger partial charge in [-0.05, 0) is 42.3 Å². The highest BCUT2D eigenvalue weighted by molar-refractivity contribution is 7.99. The van der Waals surface area contributed by atoms with Crippen molar-refractivity contribution >= 4 is 51.3 Å². The van der Waals surface area contributed by atoms with Gasteiger partial charge in [-0.1, -0.05) is 23.7 Å². The first-order chi connectivity index (χ1) is 14.1. The van der Waals surface area contributed by atoms with Gasteiger partial charge >= 0.3 is 0 Å². The first-order valence-electron chi connectivity index (χ1n) is 9.18. The summed E-state index contributed by atoms with van der Waals surface area (Å²) in [5.41, 5.74) is 1.91. The lowest BCUT2D eigenvalue weighted by atomic mass is 10.0. The van der Waals surface area contributed by atoms with E-state index in [0.717, 1.165) is 28.0 Å². The summed E-state index contributed by atoms with van der Waals surface area (Å²) in [6, 6.07) is 12.9. The zero-order valence-electron chi connectivity index (χ0n) is 15.2. The number of furan rings is 1. The molecule has 6 nitrogen and oxygen atoms in total. The molecule has 0 fully saturated rings. The summed E-state index contributed by atoms with van der Waals surface area (Å²) < 4.78 is 6.94. The Labute approximate surface area is 174 Å². The van der Waals surface area contributed by atoms with Crippen molar-refractivity contribution in [2.45, 2.75) is 23.9 Å². The second kappa shape index (κ2) is 7.24. The van der Waals surface area contributed by atoms with Crippen LogP contribution in [0.4, 0.5) is 0 Å². The van der Waals surface area contributed by atoms with Gasteiger partial charge in [-0.2, -0.15) is 0 Å². The zero-order chi connectivity index (χ0) is 20.0. The number of carbonyl (C=O) groups excluding carboxylic acids is 1. The van der Waals surface area contributed by atoms with E-state index in [2.05, 4.69) is 10.3 Å². The predicted molar refractivity (Wildman–Crippen MR) is 113 cm³/mol. The third-order valence-corrected chi connectivity index (χ3v) is 6.37. The van der Waals surface area contributed by atoms with E-state index in [9.17, 15) is 9.59 Å². The van der Waals surface area contributed by atoms with Gasteiger partial charge in [0.05, 0.1) is 12.4 Å². The van der Waals surface area contributed by atoms with Gasteiger partial charge in [0.1, 0.15) is 17.6 Å².